The van der Waals surface area contributed by atoms with Crippen LogP contribution in [0.1, 0.15) is 39.0 Å². The van der Waals surface area contributed by atoms with Gasteiger partial charge in [-0.25, -0.2) is 0 Å². The van der Waals surface area contributed by atoms with Crippen molar-refractivity contribution >= 4 is 0 Å². The highest BCUT2D eigenvalue weighted by molar-refractivity contribution is 4.85. The summed E-state index contributed by atoms with van der Waals surface area (Å²) in [6, 6.07) is 0.850. The third-order valence-corrected chi connectivity index (χ3v) is 2.74. The summed E-state index contributed by atoms with van der Waals surface area (Å²) in [7, 11) is 0. The first-order valence-electron chi connectivity index (χ1n) is 5.06. The Kier molecular flexibility index (Phi) is 4.18. The van der Waals surface area contributed by atoms with E-state index in [4.69, 9.17) is 6.42 Å². The number of nitrogens with zero attached hydrogens (tertiary/aromatic N) is 1. The van der Waals surface area contributed by atoms with Crippen LogP contribution in [-0.4, -0.2) is 24.0 Å². The topological polar surface area (TPSA) is 3.24 Å². The molecule has 1 saturated heterocycles. The molecule has 0 radical (unpaired) electrons. The van der Waals surface area contributed by atoms with Crippen LogP contribution in [0.4, 0.5) is 0 Å². The average molecular weight is 165 g/mol. The molecular formula is C11H19N. The van der Waals surface area contributed by atoms with Crippen molar-refractivity contribution in [3.63, 3.8) is 0 Å². The summed E-state index contributed by atoms with van der Waals surface area (Å²) in [6.45, 7) is 4.79. The molecule has 0 amide bonds. The van der Waals surface area contributed by atoms with E-state index < -0.39 is 0 Å². The van der Waals surface area contributed by atoms with Gasteiger partial charge in [0, 0.05) is 12.5 Å². The molecule has 1 heterocycles. The normalized spacial score (nSPS) is 24.2. The van der Waals surface area contributed by atoms with Crippen molar-refractivity contribution in [2.45, 2.75) is 45.1 Å². The Hall–Kier alpha value is -0.480. The van der Waals surface area contributed by atoms with Crippen LogP contribution < -0.4 is 0 Å². The molecule has 0 saturated carbocycles. The number of rotatable bonds is 4. The summed E-state index contributed by atoms with van der Waals surface area (Å²) >= 11 is 0. The van der Waals surface area contributed by atoms with Gasteiger partial charge in [-0.2, -0.15) is 0 Å². The Labute approximate surface area is 76.1 Å². The first kappa shape index (κ1) is 9.61. The van der Waals surface area contributed by atoms with Crippen LogP contribution in [0.25, 0.3) is 0 Å². The van der Waals surface area contributed by atoms with E-state index in [0.717, 1.165) is 12.5 Å². The lowest BCUT2D eigenvalue weighted by Gasteiger charge is -2.22. The number of hydrogen-bond acceptors (Lipinski definition) is 1. The van der Waals surface area contributed by atoms with Gasteiger partial charge in [0.2, 0.25) is 0 Å². The minimum absolute atomic E-state index is 0.850. The van der Waals surface area contributed by atoms with Crippen molar-refractivity contribution in [3.05, 3.63) is 0 Å². The van der Waals surface area contributed by atoms with Gasteiger partial charge in [-0.05, 0) is 38.8 Å². The van der Waals surface area contributed by atoms with E-state index in [1.54, 1.807) is 0 Å². The van der Waals surface area contributed by atoms with Crippen molar-refractivity contribution in [2.75, 3.05) is 13.1 Å². The zero-order valence-corrected chi connectivity index (χ0v) is 8.05. The zero-order chi connectivity index (χ0) is 8.81. The van der Waals surface area contributed by atoms with Gasteiger partial charge in [0.15, 0.2) is 0 Å². The number of likely N-dealkylation sites (tertiary alicyclic amines) is 1. The standard InChI is InChI=1S/C11H19N/c1-3-5-6-9-12-10-7-8-11(12)4-2/h1,11H,4-10H2,2H3. The molecule has 1 aliphatic rings. The third-order valence-electron chi connectivity index (χ3n) is 2.74. The van der Waals surface area contributed by atoms with Crippen molar-refractivity contribution in [2.24, 2.45) is 0 Å². The molecule has 0 N–H and O–H groups in total. The van der Waals surface area contributed by atoms with Gasteiger partial charge >= 0.3 is 0 Å². The van der Waals surface area contributed by atoms with E-state index in [1.165, 1.54) is 38.8 Å². The molecule has 1 heteroatoms. The van der Waals surface area contributed by atoms with Crippen molar-refractivity contribution in [1.29, 1.82) is 0 Å². The number of unbranched alkanes of at least 4 members (excludes halogenated alkanes) is 1. The maximum absolute atomic E-state index is 5.21. The van der Waals surface area contributed by atoms with E-state index in [0.29, 0.717) is 0 Å². The quantitative estimate of drug-likeness (QED) is 0.456. The Balaban J connectivity index is 2.18. The summed E-state index contributed by atoms with van der Waals surface area (Å²) in [5, 5.41) is 0. The van der Waals surface area contributed by atoms with Crippen molar-refractivity contribution in [3.8, 4) is 12.3 Å². The fourth-order valence-corrected chi connectivity index (χ4v) is 2.04. The summed E-state index contributed by atoms with van der Waals surface area (Å²) < 4.78 is 0. The SMILES string of the molecule is C#CCCCN1CCCC1CC. The van der Waals surface area contributed by atoms with Crippen LogP contribution in [0.3, 0.4) is 0 Å². The highest BCUT2D eigenvalue weighted by Crippen LogP contribution is 2.19. The molecule has 1 unspecified atom stereocenters. The molecule has 12 heavy (non-hydrogen) atoms. The highest BCUT2D eigenvalue weighted by Gasteiger charge is 2.21. The molecule has 1 atom stereocenters. The second kappa shape index (κ2) is 5.22. The van der Waals surface area contributed by atoms with Gasteiger partial charge < -0.3 is 4.90 Å². The third kappa shape index (κ3) is 2.53. The lowest BCUT2D eigenvalue weighted by molar-refractivity contribution is 0.246. The van der Waals surface area contributed by atoms with E-state index in [1.807, 2.05) is 0 Å². The molecule has 0 aromatic rings. The van der Waals surface area contributed by atoms with Crippen LogP contribution in [0, 0.1) is 12.3 Å². The largest absolute Gasteiger partial charge is 0.300 e. The number of hydrogen-bond donors (Lipinski definition) is 0. The van der Waals surface area contributed by atoms with E-state index in [2.05, 4.69) is 17.7 Å². The van der Waals surface area contributed by atoms with Crippen molar-refractivity contribution < 1.29 is 0 Å². The van der Waals surface area contributed by atoms with Crippen LogP contribution in [-0.2, 0) is 0 Å². The van der Waals surface area contributed by atoms with E-state index in [-0.39, 0.29) is 0 Å². The summed E-state index contributed by atoms with van der Waals surface area (Å²) in [5.41, 5.74) is 0. The van der Waals surface area contributed by atoms with Gasteiger partial charge in [0.1, 0.15) is 0 Å². The molecule has 1 fully saturated rings. The van der Waals surface area contributed by atoms with E-state index >= 15 is 0 Å². The minimum atomic E-state index is 0.850. The Bertz CT molecular complexity index is 157. The van der Waals surface area contributed by atoms with Crippen LogP contribution >= 0.6 is 0 Å². The van der Waals surface area contributed by atoms with Crippen molar-refractivity contribution in [1.82, 2.24) is 4.90 Å². The second-order valence-electron chi connectivity index (χ2n) is 3.55. The molecule has 0 spiro atoms. The second-order valence-corrected chi connectivity index (χ2v) is 3.55. The first-order chi connectivity index (χ1) is 5.88. The maximum Gasteiger partial charge on any atom is 0.00982 e. The highest BCUT2D eigenvalue weighted by atomic mass is 15.2. The van der Waals surface area contributed by atoms with Gasteiger partial charge in [0.05, 0.1) is 0 Å². The molecule has 0 aliphatic carbocycles. The molecule has 68 valence electrons. The molecule has 1 rings (SSSR count). The molecule has 0 aromatic carbocycles. The monoisotopic (exact) mass is 165 g/mol. The Morgan fingerprint density at radius 1 is 1.58 bits per heavy atom. The molecule has 0 aromatic heterocycles. The predicted octanol–water partition coefficient (Wildman–Crippen LogP) is 2.27. The molecule has 0 bridgehead atoms. The van der Waals surface area contributed by atoms with Gasteiger partial charge in [-0.1, -0.05) is 6.92 Å². The van der Waals surface area contributed by atoms with Crippen LogP contribution in [0.2, 0.25) is 0 Å². The summed E-state index contributed by atoms with van der Waals surface area (Å²) in [5.74, 6) is 2.70. The minimum Gasteiger partial charge on any atom is -0.300 e. The fourth-order valence-electron chi connectivity index (χ4n) is 2.04. The van der Waals surface area contributed by atoms with Crippen LogP contribution in [0.5, 0.6) is 0 Å². The van der Waals surface area contributed by atoms with Crippen LogP contribution in [0.15, 0.2) is 0 Å². The fraction of sp³-hybridized carbons (Fsp3) is 0.818. The summed E-state index contributed by atoms with van der Waals surface area (Å²) in [6.07, 6.45) is 11.4. The van der Waals surface area contributed by atoms with Gasteiger partial charge in [0.25, 0.3) is 0 Å². The Morgan fingerprint density at radius 2 is 2.42 bits per heavy atom. The smallest absolute Gasteiger partial charge is 0.00982 e. The number of terminal acetylenes is 1. The maximum atomic E-state index is 5.21. The Morgan fingerprint density at radius 3 is 3.08 bits per heavy atom. The first-order valence-corrected chi connectivity index (χ1v) is 5.06. The molecule has 1 aliphatic heterocycles. The molecular weight excluding hydrogens is 146 g/mol. The average Bonchev–Trinajstić information content (AvgIpc) is 2.52. The lowest BCUT2D eigenvalue weighted by Crippen LogP contribution is -2.29. The van der Waals surface area contributed by atoms with Gasteiger partial charge in [-0.15, -0.1) is 12.3 Å². The zero-order valence-electron chi connectivity index (χ0n) is 8.05. The summed E-state index contributed by atoms with van der Waals surface area (Å²) in [4.78, 5) is 2.59. The lowest BCUT2D eigenvalue weighted by atomic mass is 10.1. The van der Waals surface area contributed by atoms with E-state index in [9.17, 15) is 0 Å². The predicted molar refractivity (Wildman–Crippen MR) is 53.0 cm³/mol. The molecule has 1 nitrogen and oxygen atoms in total. The van der Waals surface area contributed by atoms with Gasteiger partial charge in [-0.3, -0.25) is 0 Å².